The van der Waals surface area contributed by atoms with Gasteiger partial charge in [0, 0.05) is 12.4 Å². The van der Waals surface area contributed by atoms with Crippen molar-refractivity contribution in [2.24, 2.45) is 0 Å². The SMILES string of the molecule is Cl.Cl.Nc1ccccc1-n1cccn1. The van der Waals surface area contributed by atoms with E-state index < -0.39 is 0 Å². The molecule has 1 aromatic carbocycles. The van der Waals surface area contributed by atoms with Gasteiger partial charge in [0.1, 0.15) is 0 Å². The Morgan fingerprint density at radius 2 is 1.79 bits per heavy atom. The van der Waals surface area contributed by atoms with Crippen molar-refractivity contribution in [3.05, 3.63) is 42.7 Å². The van der Waals surface area contributed by atoms with E-state index in [9.17, 15) is 0 Å². The Hall–Kier alpha value is -1.19. The van der Waals surface area contributed by atoms with E-state index in [0.717, 1.165) is 11.4 Å². The van der Waals surface area contributed by atoms with Gasteiger partial charge in [-0.25, -0.2) is 4.68 Å². The van der Waals surface area contributed by atoms with Crippen LogP contribution in [-0.2, 0) is 0 Å². The molecule has 0 atom stereocenters. The summed E-state index contributed by atoms with van der Waals surface area (Å²) < 4.78 is 1.75. The number of nitrogens with two attached hydrogens (primary N) is 1. The molecule has 2 rings (SSSR count). The van der Waals surface area contributed by atoms with Gasteiger partial charge in [-0.3, -0.25) is 0 Å². The first kappa shape index (κ1) is 12.8. The molecule has 0 bridgehead atoms. The minimum absolute atomic E-state index is 0. The fourth-order valence-electron chi connectivity index (χ4n) is 1.11. The van der Waals surface area contributed by atoms with Crippen LogP contribution in [0.5, 0.6) is 0 Å². The van der Waals surface area contributed by atoms with E-state index in [0.29, 0.717) is 0 Å². The number of nitrogen functional groups attached to an aromatic ring is 1. The monoisotopic (exact) mass is 231 g/mol. The third kappa shape index (κ3) is 2.40. The van der Waals surface area contributed by atoms with Crippen LogP contribution < -0.4 is 5.73 Å². The largest absolute Gasteiger partial charge is 0.397 e. The number of halogens is 2. The van der Waals surface area contributed by atoms with Crippen molar-refractivity contribution in [3.8, 4) is 5.69 Å². The lowest BCUT2D eigenvalue weighted by Gasteiger charge is -2.03. The van der Waals surface area contributed by atoms with E-state index in [4.69, 9.17) is 5.73 Å². The molecule has 0 saturated carbocycles. The molecule has 3 nitrogen and oxygen atoms in total. The minimum Gasteiger partial charge on any atom is -0.397 e. The zero-order valence-corrected chi connectivity index (χ0v) is 8.96. The van der Waals surface area contributed by atoms with Gasteiger partial charge >= 0.3 is 0 Å². The van der Waals surface area contributed by atoms with E-state index in [2.05, 4.69) is 5.10 Å². The molecular weight excluding hydrogens is 221 g/mol. The van der Waals surface area contributed by atoms with Crippen LogP contribution in [0.3, 0.4) is 0 Å². The first-order chi connectivity index (χ1) is 5.88. The fourth-order valence-corrected chi connectivity index (χ4v) is 1.11. The summed E-state index contributed by atoms with van der Waals surface area (Å²) in [5.41, 5.74) is 7.41. The number of para-hydroxylation sites is 2. The number of hydrogen-bond acceptors (Lipinski definition) is 2. The predicted molar refractivity (Wildman–Crippen MR) is 62.5 cm³/mol. The highest BCUT2D eigenvalue weighted by Crippen LogP contribution is 2.14. The van der Waals surface area contributed by atoms with E-state index in [1.165, 1.54) is 0 Å². The zero-order chi connectivity index (χ0) is 8.39. The van der Waals surface area contributed by atoms with Crippen molar-refractivity contribution >= 4 is 30.5 Å². The van der Waals surface area contributed by atoms with Crippen molar-refractivity contribution in [1.82, 2.24) is 9.78 Å². The number of anilines is 1. The third-order valence-corrected chi connectivity index (χ3v) is 1.69. The number of rotatable bonds is 1. The Labute approximate surface area is 94.7 Å². The zero-order valence-electron chi connectivity index (χ0n) is 7.33. The fraction of sp³-hybridized carbons (Fsp3) is 0. The van der Waals surface area contributed by atoms with E-state index in [-0.39, 0.29) is 24.8 Å². The van der Waals surface area contributed by atoms with Gasteiger partial charge in [0.15, 0.2) is 0 Å². The van der Waals surface area contributed by atoms with Crippen LogP contribution in [-0.4, -0.2) is 9.78 Å². The molecule has 0 aliphatic heterocycles. The standard InChI is InChI=1S/C9H9N3.2ClH/c10-8-4-1-2-5-9(8)12-7-3-6-11-12;;/h1-7H,10H2;2*1H. The molecule has 2 aromatic rings. The van der Waals surface area contributed by atoms with E-state index >= 15 is 0 Å². The molecule has 0 aliphatic carbocycles. The second kappa shape index (κ2) is 5.52. The van der Waals surface area contributed by atoms with Crippen LogP contribution in [0.25, 0.3) is 5.69 Å². The Morgan fingerprint density at radius 1 is 1.07 bits per heavy atom. The number of nitrogens with zero attached hydrogens (tertiary/aromatic N) is 2. The maximum atomic E-state index is 5.75. The van der Waals surface area contributed by atoms with Gasteiger partial charge in [-0.1, -0.05) is 12.1 Å². The molecule has 1 heterocycles. The normalized spacial score (nSPS) is 8.57. The highest BCUT2D eigenvalue weighted by Gasteiger charge is 1.98. The van der Waals surface area contributed by atoms with Crippen molar-refractivity contribution < 1.29 is 0 Å². The quantitative estimate of drug-likeness (QED) is 0.766. The van der Waals surface area contributed by atoms with Crippen molar-refractivity contribution in [1.29, 1.82) is 0 Å². The molecule has 0 fully saturated rings. The molecule has 0 saturated heterocycles. The molecule has 0 radical (unpaired) electrons. The maximum absolute atomic E-state index is 5.75. The second-order valence-electron chi connectivity index (χ2n) is 2.51. The highest BCUT2D eigenvalue weighted by molar-refractivity contribution is 5.85. The van der Waals surface area contributed by atoms with Crippen LogP contribution in [0.15, 0.2) is 42.7 Å². The highest BCUT2D eigenvalue weighted by atomic mass is 35.5. The predicted octanol–water partition coefficient (Wildman–Crippen LogP) is 2.30. The van der Waals surface area contributed by atoms with Crippen LogP contribution in [0.4, 0.5) is 5.69 Å². The van der Waals surface area contributed by atoms with Crippen molar-refractivity contribution in [2.45, 2.75) is 0 Å². The van der Waals surface area contributed by atoms with Gasteiger partial charge in [0.05, 0.1) is 11.4 Å². The third-order valence-electron chi connectivity index (χ3n) is 1.69. The maximum Gasteiger partial charge on any atom is 0.0874 e. The minimum atomic E-state index is 0. The summed E-state index contributed by atoms with van der Waals surface area (Å²) in [5.74, 6) is 0. The number of aromatic nitrogens is 2. The first-order valence-corrected chi connectivity index (χ1v) is 3.72. The Bertz CT molecular complexity index is 373. The van der Waals surface area contributed by atoms with Gasteiger partial charge in [0.2, 0.25) is 0 Å². The molecule has 76 valence electrons. The Morgan fingerprint density at radius 3 is 2.36 bits per heavy atom. The Kier molecular flexibility index (Phi) is 5.05. The molecule has 5 heteroatoms. The van der Waals surface area contributed by atoms with Gasteiger partial charge in [-0.05, 0) is 18.2 Å². The van der Waals surface area contributed by atoms with Gasteiger partial charge in [0.25, 0.3) is 0 Å². The van der Waals surface area contributed by atoms with Crippen molar-refractivity contribution in [3.63, 3.8) is 0 Å². The lowest BCUT2D eigenvalue weighted by atomic mass is 10.3. The van der Waals surface area contributed by atoms with Gasteiger partial charge in [-0.2, -0.15) is 5.10 Å². The second-order valence-corrected chi connectivity index (χ2v) is 2.51. The molecule has 0 aliphatic rings. The van der Waals surface area contributed by atoms with Gasteiger partial charge in [-0.15, -0.1) is 24.8 Å². The van der Waals surface area contributed by atoms with Crippen LogP contribution >= 0.6 is 24.8 Å². The van der Waals surface area contributed by atoms with Crippen LogP contribution in [0.2, 0.25) is 0 Å². The summed E-state index contributed by atoms with van der Waals surface area (Å²) >= 11 is 0. The average molecular weight is 232 g/mol. The summed E-state index contributed by atoms with van der Waals surface area (Å²) in [4.78, 5) is 0. The van der Waals surface area contributed by atoms with E-state index in [1.54, 1.807) is 10.9 Å². The van der Waals surface area contributed by atoms with Crippen molar-refractivity contribution in [2.75, 3.05) is 5.73 Å². The molecule has 2 N–H and O–H groups in total. The van der Waals surface area contributed by atoms with Gasteiger partial charge < -0.3 is 5.73 Å². The molecule has 0 amide bonds. The molecular formula is C9H11Cl2N3. The summed E-state index contributed by atoms with van der Waals surface area (Å²) in [6, 6.07) is 9.50. The number of hydrogen-bond donors (Lipinski definition) is 1. The van der Waals surface area contributed by atoms with Crippen LogP contribution in [0, 0.1) is 0 Å². The smallest absolute Gasteiger partial charge is 0.0874 e. The molecule has 0 unspecified atom stereocenters. The van der Waals surface area contributed by atoms with Crippen LogP contribution in [0.1, 0.15) is 0 Å². The summed E-state index contributed by atoms with van der Waals surface area (Å²) in [6.07, 6.45) is 3.60. The number of benzene rings is 1. The molecule has 1 aromatic heterocycles. The summed E-state index contributed by atoms with van der Waals surface area (Å²) in [5, 5.41) is 4.08. The lowest BCUT2D eigenvalue weighted by Crippen LogP contribution is -1.98. The lowest BCUT2D eigenvalue weighted by molar-refractivity contribution is 0.883. The summed E-state index contributed by atoms with van der Waals surface area (Å²) in [6.45, 7) is 0. The van der Waals surface area contributed by atoms with E-state index in [1.807, 2.05) is 36.5 Å². The topological polar surface area (TPSA) is 43.8 Å². The summed E-state index contributed by atoms with van der Waals surface area (Å²) in [7, 11) is 0. The molecule has 14 heavy (non-hydrogen) atoms. The Balaban J connectivity index is 0.000000845. The average Bonchev–Trinajstić information content (AvgIpc) is 2.57. The molecule has 0 spiro atoms. The first-order valence-electron chi connectivity index (χ1n) is 3.72.